The number of nitrogens with zero attached hydrogens (tertiary/aromatic N) is 2. The topological polar surface area (TPSA) is 38.0 Å². The van der Waals surface area contributed by atoms with E-state index in [-0.39, 0.29) is 6.61 Å². The van der Waals surface area contributed by atoms with Crippen molar-refractivity contribution < 1.29 is 5.11 Å². The van der Waals surface area contributed by atoms with Crippen LogP contribution in [0.3, 0.4) is 0 Å². The third-order valence-electron chi connectivity index (χ3n) is 2.33. The first kappa shape index (κ1) is 13.2. The van der Waals surface area contributed by atoms with Crippen LogP contribution in [0, 0.1) is 18.8 Å². The molecule has 94 valence electrons. The second-order valence-corrected chi connectivity index (χ2v) is 5.24. The average Bonchev–Trinajstić information content (AvgIpc) is 2.88. The Morgan fingerprint density at radius 3 is 3.06 bits per heavy atom. The van der Waals surface area contributed by atoms with Crippen LogP contribution in [0.15, 0.2) is 17.6 Å². The molecule has 0 saturated carbocycles. The van der Waals surface area contributed by atoms with Crippen molar-refractivity contribution in [1.29, 1.82) is 0 Å². The van der Waals surface area contributed by atoms with Crippen molar-refractivity contribution >= 4 is 22.9 Å². The highest BCUT2D eigenvalue weighted by Gasteiger charge is 2.04. The first-order valence-corrected chi connectivity index (χ1v) is 6.81. The van der Waals surface area contributed by atoms with Crippen LogP contribution in [-0.4, -0.2) is 21.5 Å². The summed E-state index contributed by atoms with van der Waals surface area (Å²) in [7, 11) is 0. The molecule has 0 aliphatic carbocycles. The summed E-state index contributed by atoms with van der Waals surface area (Å²) in [6.45, 7) is 2.70. The fourth-order valence-corrected chi connectivity index (χ4v) is 2.44. The number of thiophene rings is 1. The van der Waals surface area contributed by atoms with Gasteiger partial charge in [-0.25, -0.2) is 0 Å². The van der Waals surface area contributed by atoms with E-state index < -0.39 is 0 Å². The number of aliphatic hydroxyl groups is 1. The summed E-state index contributed by atoms with van der Waals surface area (Å²) in [6.07, 6.45) is 2.34. The number of aliphatic hydroxyl groups excluding tert-OH is 1. The summed E-state index contributed by atoms with van der Waals surface area (Å²) >= 11 is 7.61. The van der Waals surface area contributed by atoms with Gasteiger partial charge in [-0.1, -0.05) is 23.4 Å². The van der Waals surface area contributed by atoms with E-state index in [0.717, 1.165) is 11.3 Å². The minimum Gasteiger partial charge on any atom is -0.395 e. The molecular formula is C13H13ClN2OS. The van der Waals surface area contributed by atoms with Crippen molar-refractivity contribution in [3.8, 4) is 11.8 Å². The molecule has 0 unspecified atom stereocenters. The van der Waals surface area contributed by atoms with Crippen molar-refractivity contribution in [3.63, 3.8) is 0 Å². The zero-order valence-corrected chi connectivity index (χ0v) is 11.6. The molecule has 0 radical (unpaired) electrons. The Labute approximate surface area is 115 Å². The molecule has 0 aliphatic rings. The summed E-state index contributed by atoms with van der Waals surface area (Å²) in [5.74, 6) is 5.92. The van der Waals surface area contributed by atoms with Gasteiger partial charge in [-0.3, -0.25) is 4.68 Å². The van der Waals surface area contributed by atoms with Gasteiger partial charge in [-0.2, -0.15) is 5.10 Å². The van der Waals surface area contributed by atoms with Crippen LogP contribution in [-0.2, 0) is 6.54 Å². The van der Waals surface area contributed by atoms with Gasteiger partial charge in [0, 0.05) is 28.4 Å². The van der Waals surface area contributed by atoms with Crippen molar-refractivity contribution in [3.05, 3.63) is 38.8 Å². The Bertz CT molecular complexity index is 572. The minimum atomic E-state index is 0.106. The summed E-state index contributed by atoms with van der Waals surface area (Å²) in [4.78, 5) is 1.18. The molecule has 5 heteroatoms. The normalized spacial score (nSPS) is 10.2. The number of hydrogen-bond donors (Lipinski definition) is 1. The lowest BCUT2D eigenvalue weighted by Gasteiger charge is -1.96. The molecule has 0 saturated heterocycles. The van der Waals surface area contributed by atoms with Crippen LogP contribution < -0.4 is 0 Å². The number of aryl methyl sites for hydroxylation is 1. The van der Waals surface area contributed by atoms with E-state index >= 15 is 0 Å². The fraction of sp³-hybridized carbons (Fsp3) is 0.308. The molecule has 2 heterocycles. The van der Waals surface area contributed by atoms with Crippen LogP contribution in [0.4, 0.5) is 0 Å². The second kappa shape index (κ2) is 6.05. The predicted molar refractivity (Wildman–Crippen MR) is 74.0 cm³/mol. The zero-order chi connectivity index (χ0) is 13.0. The van der Waals surface area contributed by atoms with Gasteiger partial charge in [0.2, 0.25) is 0 Å². The first-order valence-electron chi connectivity index (χ1n) is 5.55. The van der Waals surface area contributed by atoms with Crippen molar-refractivity contribution in [2.75, 3.05) is 6.61 Å². The lowest BCUT2D eigenvalue weighted by Crippen LogP contribution is -1.98. The molecule has 3 nitrogen and oxygen atoms in total. The maximum atomic E-state index is 8.65. The second-order valence-electron chi connectivity index (χ2n) is 3.84. The lowest BCUT2D eigenvalue weighted by molar-refractivity contribution is 0.305. The summed E-state index contributed by atoms with van der Waals surface area (Å²) in [6, 6.07) is 2.04. The molecule has 2 aromatic rings. The Morgan fingerprint density at radius 1 is 1.56 bits per heavy atom. The van der Waals surface area contributed by atoms with E-state index in [2.05, 4.69) is 16.9 Å². The van der Waals surface area contributed by atoms with Gasteiger partial charge in [-0.05, 0) is 13.0 Å². The number of halogens is 1. The quantitative estimate of drug-likeness (QED) is 0.878. The highest BCUT2D eigenvalue weighted by Crippen LogP contribution is 2.17. The maximum absolute atomic E-state index is 8.65. The highest BCUT2D eigenvalue weighted by atomic mass is 35.5. The minimum absolute atomic E-state index is 0.106. The van der Waals surface area contributed by atoms with E-state index in [1.54, 1.807) is 11.3 Å². The largest absolute Gasteiger partial charge is 0.395 e. The molecule has 0 atom stereocenters. The van der Waals surface area contributed by atoms with Gasteiger partial charge >= 0.3 is 0 Å². The van der Waals surface area contributed by atoms with E-state index in [1.165, 1.54) is 4.88 Å². The smallest absolute Gasteiger partial charge is 0.0815 e. The monoisotopic (exact) mass is 280 g/mol. The van der Waals surface area contributed by atoms with Gasteiger partial charge in [-0.15, -0.1) is 11.3 Å². The van der Waals surface area contributed by atoms with Crippen molar-refractivity contribution in [2.24, 2.45) is 0 Å². The Kier molecular flexibility index (Phi) is 4.43. The lowest BCUT2D eigenvalue weighted by atomic mass is 10.3. The van der Waals surface area contributed by atoms with Crippen LogP contribution in [0.2, 0.25) is 5.02 Å². The average molecular weight is 281 g/mol. The first-order chi connectivity index (χ1) is 8.69. The molecule has 0 spiro atoms. The third kappa shape index (κ3) is 3.36. The fourth-order valence-electron chi connectivity index (χ4n) is 1.48. The van der Waals surface area contributed by atoms with E-state index in [1.807, 2.05) is 29.2 Å². The maximum Gasteiger partial charge on any atom is 0.0815 e. The number of aromatic nitrogens is 2. The SMILES string of the molecule is Cc1nn(Cc2cc(C#CCCO)cs2)cc1Cl. The zero-order valence-electron chi connectivity index (χ0n) is 9.98. The molecular weight excluding hydrogens is 268 g/mol. The van der Waals surface area contributed by atoms with Gasteiger partial charge < -0.3 is 5.11 Å². The highest BCUT2D eigenvalue weighted by molar-refractivity contribution is 7.10. The molecule has 0 bridgehead atoms. The van der Waals surface area contributed by atoms with Crippen LogP contribution in [0.5, 0.6) is 0 Å². The summed E-state index contributed by atoms with van der Waals surface area (Å²) < 4.78 is 1.83. The standard InChI is InChI=1S/C13H13ClN2OS/c1-10-13(14)8-16(15-10)7-12-6-11(9-18-12)4-2-3-5-17/h6,8-9,17H,3,5,7H2,1H3. The van der Waals surface area contributed by atoms with Crippen LogP contribution >= 0.6 is 22.9 Å². The number of rotatable bonds is 3. The molecule has 2 aromatic heterocycles. The van der Waals surface area contributed by atoms with E-state index in [4.69, 9.17) is 16.7 Å². The van der Waals surface area contributed by atoms with Gasteiger partial charge in [0.25, 0.3) is 0 Å². The van der Waals surface area contributed by atoms with E-state index in [9.17, 15) is 0 Å². The predicted octanol–water partition coefficient (Wildman–Crippen LogP) is 2.69. The van der Waals surface area contributed by atoms with Crippen molar-refractivity contribution in [1.82, 2.24) is 9.78 Å². The van der Waals surface area contributed by atoms with Crippen LogP contribution in [0.25, 0.3) is 0 Å². The molecule has 18 heavy (non-hydrogen) atoms. The van der Waals surface area contributed by atoms with Gasteiger partial charge in [0.1, 0.15) is 0 Å². The molecule has 2 rings (SSSR count). The molecule has 0 fully saturated rings. The molecule has 0 amide bonds. The van der Waals surface area contributed by atoms with Crippen LogP contribution in [0.1, 0.15) is 22.6 Å². The molecule has 0 aliphatic heterocycles. The van der Waals surface area contributed by atoms with Crippen molar-refractivity contribution in [2.45, 2.75) is 19.9 Å². The van der Waals surface area contributed by atoms with Gasteiger partial charge in [0.05, 0.1) is 23.9 Å². The van der Waals surface area contributed by atoms with Gasteiger partial charge in [0.15, 0.2) is 0 Å². The Hall–Kier alpha value is -1.28. The summed E-state index contributed by atoms with van der Waals surface area (Å²) in [5.41, 5.74) is 1.83. The number of hydrogen-bond acceptors (Lipinski definition) is 3. The summed E-state index contributed by atoms with van der Waals surface area (Å²) in [5, 5.41) is 15.7. The Morgan fingerprint density at radius 2 is 2.39 bits per heavy atom. The Balaban J connectivity index is 2.05. The van der Waals surface area contributed by atoms with E-state index in [0.29, 0.717) is 18.0 Å². The third-order valence-corrected chi connectivity index (χ3v) is 3.62. The molecule has 0 aromatic carbocycles. The molecule has 1 N–H and O–H groups in total.